The number of sulfonamides is 1. The van der Waals surface area contributed by atoms with E-state index in [0.717, 1.165) is 5.69 Å². The average molecular weight is 346 g/mol. The Morgan fingerprint density at radius 3 is 2.84 bits per heavy atom. The van der Waals surface area contributed by atoms with Crippen molar-refractivity contribution in [2.24, 2.45) is 7.05 Å². The van der Waals surface area contributed by atoms with Crippen molar-refractivity contribution in [3.63, 3.8) is 0 Å². The molecule has 0 aliphatic carbocycles. The fourth-order valence-corrected chi connectivity index (χ4v) is 2.98. The molecule has 2 aromatic rings. The Hall–Kier alpha value is -1.32. The Kier molecular flexibility index (Phi) is 4.27. The zero-order valence-electron chi connectivity index (χ0n) is 10.1. The van der Waals surface area contributed by atoms with E-state index in [1.165, 1.54) is 18.5 Å². The third-order valence-corrected chi connectivity index (χ3v) is 4.18. The summed E-state index contributed by atoms with van der Waals surface area (Å²) in [6.45, 7) is 0.257. The third kappa shape index (κ3) is 3.82. The molecular formula is C10H12BrN5O2S. The number of pyridine rings is 1. The minimum Gasteiger partial charge on any atom is -0.262 e. The van der Waals surface area contributed by atoms with Crippen LogP contribution in [0.4, 0.5) is 0 Å². The zero-order chi connectivity index (χ0) is 13.9. The number of rotatable bonds is 5. The Morgan fingerprint density at radius 1 is 1.42 bits per heavy atom. The van der Waals surface area contributed by atoms with Crippen molar-refractivity contribution in [2.75, 3.05) is 6.54 Å². The van der Waals surface area contributed by atoms with Gasteiger partial charge in [-0.3, -0.25) is 9.67 Å². The summed E-state index contributed by atoms with van der Waals surface area (Å²) in [6.07, 6.45) is 5.05. The fraction of sp³-hybridized carbons (Fsp3) is 0.300. The summed E-state index contributed by atoms with van der Waals surface area (Å²) in [4.78, 5) is 3.95. The molecule has 2 aromatic heterocycles. The van der Waals surface area contributed by atoms with Crippen LogP contribution in [-0.2, 0) is 23.5 Å². The van der Waals surface area contributed by atoms with Gasteiger partial charge in [-0.1, -0.05) is 5.21 Å². The zero-order valence-corrected chi connectivity index (χ0v) is 12.5. The second kappa shape index (κ2) is 5.76. The van der Waals surface area contributed by atoms with Crippen LogP contribution in [-0.4, -0.2) is 34.9 Å². The molecule has 102 valence electrons. The smallest absolute Gasteiger partial charge is 0.242 e. The Balaban J connectivity index is 1.98. The van der Waals surface area contributed by atoms with Gasteiger partial charge in [0.25, 0.3) is 0 Å². The van der Waals surface area contributed by atoms with Crippen LogP contribution in [0.2, 0.25) is 0 Å². The molecule has 0 aromatic carbocycles. The molecule has 7 nitrogen and oxygen atoms in total. The van der Waals surface area contributed by atoms with Gasteiger partial charge < -0.3 is 0 Å². The molecule has 2 heterocycles. The van der Waals surface area contributed by atoms with Gasteiger partial charge in [-0.05, 0) is 22.0 Å². The van der Waals surface area contributed by atoms with Crippen molar-refractivity contribution in [1.29, 1.82) is 0 Å². The maximum atomic E-state index is 12.0. The molecule has 0 amide bonds. The second-order valence-corrected chi connectivity index (χ2v) is 6.55. The van der Waals surface area contributed by atoms with Crippen LogP contribution in [0.25, 0.3) is 0 Å². The highest BCUT2D eigenvalue weighted by molar-refractivity contribution is 9.10. The summed E-state index contributed by atoms with van der Waals surface area (Å²) in [5.74, 6) is 0. The van der Waals surface area contributed by atoms with E-state index in [2.05, 4.69) is 35.9 Å². The monoisotopic (exact) mass is 345 g/mol. The van der Waals surface area contributed by atoms with Crippen LogP contribution in [0.15, 0.2) is 34.0 Å². The largest absolute Gasteiger partial charge is 0.262 e. The van der Waals surface area contributed by atoms with E-state index in [-0.39, 0.29) is 11.4 Å². The number of aryl methyl sites for hydroxylation is 1. The molecule has 0 bridgehead atoms. The van der Waals surface area contributed by atoms with Gasteiger partial charge in [0.15, 0.2) is 0 Å². The molecule has 0 radical (unpaired) electrons. The van der Waals surface area contributed by atoms with Crippen molar-refractivity contribution in [3.05, 3.63) is 34.8 Å². The highest BCUT2D eigenvalue weighted by atomic mass is 79.9. The van der Waals surface area contributed by atoms with E-state index in [9.17, 15) is 8.42 Å². The van der Waals surface area contributed by atoms with Gasteiger partial charge in [0.1, 0.15) is 4.90 Å². The van der Waals surface area contributed by atoms with E-state index in [1.807, 2.05) is 0 Å². The van der Waals surface area contributed by atoms with Crippen LogP contribution in [0.5, 0.6) is 0 Å². The van der Waals surface area contributed by atoms with Crippen molar-refractivity contribution in [2.45, 2.75) is 11.3 Å². The van der Waals surface area contributed by atoms with Gasteiger partial charge >= 0.3 is 0 Å². The molecule has 1 N–H and O–H groups in total. The molecule has 0 atom stereocenters. The number of halogens is 1. The molecule has 0 fully saturated rings. The molecule has 9 heteroatoms. The number of hydrogen-bond donors (Lipinski definition) is 1. The first-order chi connectivity index (χ1) is 8.97. The first-order valence-electron chi connectivity index (χ1n) is 5.43. The lowest BCUT2D eigenvalue weighted by molar-refractivity contribution is 0.580. The Bertz CT molecular complexity index is 670. The van der Waals surface area contributed by atoms with E-state index in [0.29, 0.717) is 10.9 Å². The lowest BCUT2D eigenvalue weighted by Gasteiger charge is -2.05. The highest BCUT2D eigenvalue weighted by Crippen LogP contribution is 2.13. The van der Waals surface area contributed by atoms with E-state index in [4.69, 9.17) is 0 Å². The number of aromatic nitrogens is 4. The van der Waals surface area contributed by atoms with E-state index >= 15 is 0 Å². The summed E-state index contributed by atoms with van der Waals surface area (Å²) < 4.78 is 28.6. The fourth-order valence-electron chi connectivity index (χ4n) is 1.45. The first kappa shape index (κ1) is 14.1. The van der Waals surface area contributed by atoms with E-state index in [1.54, 1.807) is 17.9 Å². The quantitative estimate of drug-likeness (QED) is 0.851. The number of nitrogens with zero attached hydrogens (tertiary/aromatic N) is 4. The summed E-state index contributed by atoms with van der Waals surface area (Å²) in [7, 11) is -1.79. The minimum atomic E-state index is -3.54. The minimum absolute atomic E-state index is 0.126. The predicted octanol–water partition coefficient (Wildman–Crippen LogP) is 0.494. The molecule has 0 saturated heterocycles. The molecule has 0 aliphatic rings. The Labute approximate surface area is 119 Å². The van der Waals surface area contributed by atoms with Gasteiger partial charge in [-0.15, -0.1) is 5.10 Å². The molecule has 0 saturated carbocycles. The molecular weight excluding hydrogens is 334 g/mol. The SMILES string of the molecule is Cn1cc(CCNS(=O)(=O)c2cncc(Br)c2)nn1. The van der Waals surface area contributed by atoms with Crippen LogP contribution in [0.3, 0.4) is 0 Å². The molecule has 0 spiro atoms. The molecule has 0 unspecified atom stereocenters. The van der Waals surface area contributed by atoms with Crippen LogP contribution < -0.4 is 4.72 Å². The van der Waals surface area contributed by atoms with Crippen LogP contribution in [0, 0.1) is 0 Å². The van der Waals surface area contributed by atoms with Gasteiger partial charge in [-0.2, -0.15) is 0 Å². The van der Waals surface area contributed by atoms with Gasteiger partial charge in [0, 0.05) is 43.1 Å². The summed E-state index contributed by atoms with van der Waals surface area (Å²) in [6, 6.07) is 1.50. The van der Waals surface area contributed by atoms with Crippen molar-refractivity contribution in [1.82, 2.24) is 24.7 Å². The molecule has 19 heavy (non-hydrogen) atoms. The second-order valence-electron chi connectivity index (χ2n) is 3.87. The standard InChI is InChI=1S/C10H12BrN5O2S/c1-16-7-9(14-15-16)2-3-13-19(17,18)10-4-8(11)5-12-6-10/h4-7,13H,2-3H2,1H3. The van der Waals surface area contributed by atoms with Crippen LogP contribution in [0.1, 0.15) is 5.69 Å². The lowest BCUT2D eigenvalue weighted by Crippen LogP contribution is -2.26. The van der Waals surface area contributed by atoms with Crippen molar-refractivity contribution < 1.29 is 8.42 Å². The molecule has 0 aliphatic heterocycles. The van der Waals surface area contributed by atoms with E-state index < -0.39 is 10.0 Å². The normalized spacial score (nSPS) is 11.7. The number of nitrogens with one attached hydrogen (secondary N) is 1. The highest BCUT2D eigenvalue weighted by Gasteiger charge is 2.14. The predicted molar refractivity (Wildman–Crippen MR) is 71.8 cm³/mol. The summed E-state index contributed by atoms with van der Waals surface area (Å²) >= 11 is 3.19. The first-order valence-corrected chi connectivity index (χ1v) is 7.70. The third-order valence-electron chi connectivity index (χ3n) is 2.31. The summed E-state index contributed by atoms with van der Waals surface area (Å²) in [5.41, 5.74) is 0.734. The summed E-state index contributed by atoms with van der Waals surface area (Å²) in [5, 5.41) is 7.66. The van der Waals surface area contributed by atoms with Gasteiger partial charge in [0.05, 0.1) is 5.69 Å². The lowest BCUT2D eigenvalue weighted by atomic mass is 10.3. The van der Waals surface area contributed by atoms with Gasteiger partial charge in [-0.25, -0.2) is 13.1 Å². The average Bonchev–Trinajstić information content (AvgIpc) is 2.75. The van der Waals surface area contributed by atoms with Crippen molar-refractivity contribution >= 4 is 26.0 Å². The maximum absolute atomic E-state index is 12.0. The van der Waals surface area contributed by atoms with Gasteiger partial charge in [0.2, 0.25) is 10.0 Å². The van der Waals surface area contributed by atoms with Crippen LogP contribution >= 0.6 is 15.9 Å². The number of hydrogen-bond acceptors (Lipinski definition) is 5. The Morgan fingerprint density at radius 2 is 2.21 bits per heavy atom. The topological polar surface area (TPSA) is 89.8 Å². The van der Waals surface area contributed by atoms with Crippen molar-refractivity contribution in [3.8, 4) is 0 Å². The maximum Gasteiger partial charge on any atom is 0.242 e. The molecule has 2 rings (SSSR count).